The van der Waals surface area contributed by atoms with E-state index >= 15 is 0 Å². The Bertz CT molecular complexity index is 350. The molecule has 1 aromatic rings. The third kappa shape index (κ3) is 3.70. The monoisotopic (exact) mass is 320 g/mol. The molecule has 15 heavy (non-hydrogen) atoms. The Morgan fingerprint density at radius 2 is 2.27 bits per heavy atom. The first-order valence-electron chi connectivity index (χ1n) is 4.77. The van der Waals surface area contributed by atoms with Crippen LogP contribution in [0.3, 0.4) is 0 Å². The molecule has 0 spiro atoms. The number of phenolic OH excluding ortho intramolecular Hbond substituents is 1. The van der Waals surface area contributed by atoms with Crippen molar-refractivity contribution in [2.24, 2.45) is 0 Å². The Morgan fingerprint density at radius 1 is 1.53 bits per heavy atom. The predicted molar refractivity (Wildman–Crippen MR) is 65.8 cm³/mol. The van der Waals surface area contributed by atoms with Gasteiger partial charge in [-0.05, 0) is 47.6 Å². The highest BCUT2D eigenvalue weighted by atomic mass is 127. The van der Waals surface area contributed by atoms with Crippen LogP contribution in [0.1, 0.15) is 18.9 Å². The lowest BCUT2D eigenvalue weighted by Crippen LogP contribution is -2.05. The van der Waals surface area contributed by atoms with E-state index in [0.717, 1.165) is 9.13 Å². The SMILES string of the molecule is CCOC(=O)CCc1cccc(O)c1I. The number of phenols is 1. The van der Waals surface area contributed by atoms with E-state index in [1.807, 2.05) is 6.07 Å². The molecule has 0 radical (unpaired) electrons. The zero-order valence-corrected chi connectivity index (χ0v) is 10.7. The minimum atomic E-state index is -0.198. The summed E-state index contributed by atoms with van der Waals surface area (Å²) in [6, 6.07) is 5.31. The van der Waals surface area contributed by atoms with E-state index in [1.165, 1.54) is 0 Å². The smallest absolute Gasteiger partial charge is 0.306 e. The fourth-order valence-corrected chi connectivity index (χ4v) is 1.86. The summed E-state index contributed by atoms with van der Waals surface area (Å²) in [6.45, 7) is 2.20. The Labute approximate surface area is 103 Å². The number of carbonyl (C=O) groups excluding carboxylic acids is 1. The van der Waals surface area contributed by atoms with E-state index in [-0.39, 0.29) is 11.7 Å². The van der Waals surface area contributed by atoms with E-state index in [9.17, 15) is 9.90 Å². The Morgan fingerprint density at radius 3 is 2.93 bits per heavy atom. The molecule has 0 fully saturated rings. The fraction of sp³-hybridized carbons (Fsp3) is 0.364. The summed E-state index contributed by atoms with van der Waals surface area (Å²) in [6.07, 6.45) is 0.957. The third-order valence-corrected chi connectivity index (χ3v) is 3.21. The number of rotatable bonds is 4. The molecule has 0 aromatic heterocycles. The lowest BCUT2D eigenvalue weighted by molar-refractivity contribution is -0.143. The molecule has 0 saturated carbocycles. The highest BCUT2D eigenvalue weighted by Crippen LogP contribution is 2.23. The quantitative estimate of drug-likeness (QED) is 0.685. The van der Waals surface area contributed by atoms with Crippen molar-refractivity contribution in [2.75, 3.05) is 6.61 Å². The van der Waals surface area contributed by atoms with Gasteiger partial charge in [-0.2, -0.15) is 0 Å². The molecule has 82 valence electrons. The van der Waals surface area contributed by atoms with Crippen LogP contribution in [0.15, 0.2) is 18.2 Å². The van der Waals surface area contributed by atoms with Gasteiger partial charge in [0.2, 0.25) is 0 Å². The molecule has 0 aliphatic rings. The lowest BCUT2D eigenvalue weighted by Gasteiger charge is -2.05. The molecule has 0 saturated heterocycles. The zero-order chi connectivity index (χ0) is 11.3. The van der Waals surface area contributed by atoms with E-state index in [4.69, 9.17) is 4.74 Å². The minimum Gasteiger partial charge on any atom is -0.507 e. The number of benzene rings is 1. The van der Waals surface area contributed by atoms with Crippen LogP contribution in [0, 0.1) is 3.57 Å². The number of halogens is 1. The summed E-state index contributed by atoms with van der Waals surface area (Å²) >= 11 is 2.07. The first-order valence-corrected chi connectivity index (χ1v) is 5.85. The fourth-order valence-electron chi connectivity index (χ4n) is 1.23. The molecule has 0 aliphatic carbocycles. The van der Waals surface area contributed by atoms with Gasteiger partial charge >= 0.3 is 5.97 Å². The van der Waals surface area contributed by atoms with Crippen LogP contribution in [0.25, 0.3) is 0 Å². The lowest BCUT2D eigenvalue weighted by atomic mass is 10.1. The van der Waals surface area contributed by atoms with Crippen molar-refractivity contribution in [1.82, 2.24) is 0 Å². The van der Waals surface area contributed by atoms with Crippen molar-refractivity contribution in [2.45, 2.75) is 19.8 Å². The van der Waals surface area contributed by atoms with Gasteiger partial charge in [-0.3, -0.25) is 4.79 Å². The maximum absolute atomic E-state index is 11.1. The van der Waals surface area contributed by atoms with Gasteiger partial charge in [0.25, 0.3) is 0 Å². The van der Waals surface area contributed by atoms with E-state index in [1.54, 1.807) is 19.1 Å². The van der Waals surface area contributed by atoms with E-state index in [2.05, 4.69) is 22.6 Å². The number of hydrogen-bond donors (Lipinski definition) is 1. The molecular weight excluding hydrogens is 307 g/mol. The summed E-state index contributed by atoms with van der Waals surface area (Å²) in [4.78, 5) is 11.1. The number of esters is 1. The minimum absolute atomic E-state index is 0.198. The van der Waals surface area contributed by atoms with E-state index < -0.39 is 0 Å². The standard InChI is InChI=1S/C11H13IO3/c1-2-15-10(14)7-6-8-4-3-5-9(13)11(8)12/h3-5,13H,2,6-7H2,1H3. The second-order valence-corrected chi connectivity index (χ2v) is 4.13. The number of aromatic hydroxyl groups is 1. The molecule has 0 heterocycles. The number of hydrogen-bond acceptors (Lipinski definition) is 3. The Balaban J connectivity index is 2.58. The summed E-state index contributed by atoms with van der Waals surface area (Å²) < 4.78 is 5.63. The molecule has 0 unspecified atom stereocenters. The highest BCUT2D eigenvalue weighted by molar-refractivity contribution is 14.1. The van der Waals surface area contributed by atoms with Crippen LogP contribution in [-0.4, -0.2) is 17.7 Å². The molecule has 0 atom stereocenters. The van der Waals surface area contributed by atoms with Crippen molar-refractivity contribution in [3.63, 3.8) is 0 Å². The summed E-state index contributed by atoms with van der Waals surface area (Å²) in [5.41, 5.74) is 0.976. The van der Waals surface area contributed by atoms with Crippen molar-refractivity contribution in [3.8, 4) is 5.75 Å². The van der Waals surface area contributed by atoms with Crippen LogP contribution >= 0.6 is 22.6 Å². The normalized spacial score (nSPS) is 10.0. The van der Waals surface area contributed by atoms with Gasteiger partial charge in [-0.1, -0.05) is 12.1 Å². The van der Waals surface area contributed by atoms with Crippen LogP contribution in [0.5, 0.6) is 5.75 Å². The summed E-state index contributed by atoms with van der Waals surface area (Å²) in [5.74, 6) is 0.0635. The molecule has 0 amide bonds. The molecular formula is C11H13IO3. The molecule has 1 N–H and O–H groups in total. The van der Waals surface area contributed by atoms with Crippen LogP contribution in [-0.2, 0) is 16.0 Å². The third-order valence-electron chi connectivity index (χ3n) is 1.96. The van der Waals surface area contributed by atoms with Crippen molar-refractivity contribution < 1.29 is 14.6 Å². The van der Waals surface area contributed by atoms with Gasteiger partial charge in [0.05, 0.1) is 10.2 Å². The molecule has 0 bridgehead atoms. The Kier molecular flexibility index (Phi) is 4.87. The molecule has 3 nitrogen and oxygen atoms in total. The molecule has 1 rings (SSSR count). The summed E-state index contributed by atoms with van der Waals surface area (Å²) in [5, 5.41) is 9.45. The second-order valence-electron chi connectivity index (χ2n) is 3.06. The first kappa shape index (κ1) is 12.3. The van der Waals surface area contributed by atoms with Crippen LogP contribution in [0.2, 0.25) is 0 Å². The van der Waals surface area contributed by atoms with Gasteiger partial charge < -0.3 is 9.84 Å². The van der Waals surface area contributed by atoms with Crippen LogP contribution in [0.4, 0.5) is 0 Å². The maximum Gasteiger partial charge on any atom is 0.306 e. The van der Waals surface area contributed by atoms with Gasteiger partial charge in [-0.15, -0.1) is 0 Å². The maximum atomic E-state index is 11.1. The predicted octanol–water partition coefficient (Wildman–Crippen LogP) is 2.49. The van der Waals surface area contributed by atoms with Gasteiger partial charge in [-0.25, -0.2) is 0 Å². The van der Waals surface area contributed by atoms with Gasteiger partial charge in [0, 0.05) is 6.42 Å². The van der Waals surface area contributed by atoms with Gasteiger partial charge in [0.15, 0.2) is 0 Å². The number of ether oxygens (including phenoxy) is 1. The molecule has 4 heteroatoms. The zero-order valence-electron chi connectivity index (χ0n) is 8.50. The van der Waals surface area contributed by atoms with Crippen molar-refractivity contribution >= 4 is 28.6 Å². The van der Waals surface area contributed by atoms with E-state index in [0.29, 0.717) is 19.4 Å². The highest BCUT2D eigenvalue weighted by Gasteiger charge is 2.07. The van der Waals surface area contributed by atoms with Crippen molar-refractivity contribution in [3.05, 3.63) is 27.3 Å². The molecule has 1 aromatic carbocycles. The second kappa shape index (κ2) is 5.95. The summed E-state index contributed by atoms with van der Waals surface area (Å²) in [7, 11) is 0. The average molecular weight is 320 g/mol. The van der Waals surface area contributed by atoms with Crippen molar-refractivity contribution in [1.29, 1.82) is 0 Å². The number of aryl methyl sites for hydroxylation is 1. The van der Waals surface area contributed by atoms with Crippen LogP contribution < -0.4 is 0 Å². The largest absolute Gasteiger partial charge is 0.507 e. The number of carbonyl (C=O) groups is 1. The van der Waals surface area contributed by atoms with Gasteiger partial charge in [0.1, 0.15) is 5.75 Å². The average Bonchev–Trinajstić information content (AvgIpc) is 2.21. The first-order chi connectivity index (χ1) is 7.15. The molecule has 0 aliphatic heterocycles. The Hall–Kier alpha value is -0.780. The topological polar surface area (TPSA) is 46.5 Å².